The summed E-state index contributed by atoms with van der Waals surface area (Å²) in [5.74, 6) is 2.18. The third-order valence-electron chi connectivity index (χ3n) is 4.77. The third kappa shape index (κ3) is 3.98. The summed E-state index contributed by atoms with van der Waals surface area (Å²) >= 11 is 1.91. The first-order valence-corrected chi connectivity index (χ1v) is 9.33. The van der Waals surface area contributed by atoms with E-state index in [9.17, 15) is 0 Å². The van der Waals surface area contributed by atoms with Crippen LogP contribution in [0.25, 0.3) is 0 Å². The first-order chi connectivity index (χ1) is 10.1. The zero-order valence-electron chi connectivity index (χ0n) is 14.3. The molecule has 120 valence electrons. The smallest absolute Gasteiger partial charge is 0.185 e. The Morgan fingerprint density at radius 1 is 1.33 bits per heavy atom. The average Bonchev–Trinajstić information content (AvgIpc) is 3.10. The van der Waals surface area contributed by atoms with Gasteiger partial charge in [-0.15, -0.1) is 11.3 Å². The minimum atomic E-state index is 0.562. The van der Waals surface area contributed by atoms with Crippen LogP contribution in [0.15, 0.2) is 0 Å². The Kier molecular flexibility index (Phi) is 6.06. The number of aromatic nitrogens is 1. The molecule has 2 heterocycles. The largest absolute Gasteiger partial charge is 0.348 e. The van der Waals surface area contributed by atoms with E-state index in [0.29, 0.717) is 5.92 Å². The highest BCUT2D eigenvalue weighted by atomic mass is 32.1. The van der Waals surface area contributed by atoms with Gasteiger partial charge in [0.1, 0.15) is 0 Å². The monoisotopic (exact) mass is 309 g/mol. The van der Waals surface area contributed by atoms with Gasteiger partial charge < -0.3 is 10.2 Å². The zero-order chi connectivity index (χ0) is 15.4. The lowest BCUT2D eigenvalue weighted by molar-refractivity contribution is 0.422. The standard InChI is InChI=1S/C17H31N3S/c1-6-13(5)16-15(10-18-7-2)21-17(19-16)20-9-8-14(11-20)12(3)4/h12-14,18H,6-11H2,1-5H3. The number of hydrogen-bond acceptors (Lipinski definition) is 4. The molecule has 1 aliphatic rings. The Bertz CT molecular complexity index is 441. The van der Waals surface area contributed by atoms with Crippen LogP contribution < -0.4 is 10.2 Å². The molecule has 3 nitrogen and oxygen atoms in total. The first-order valence-electron chi connectivity index (χ1n) is 8.52. The third-order valence-corrected chi connectivity index (χ3v) is 5.90. The maximum atomic E-state index is 5.01. The lowest BCUT2D eigenvalue weighted by Gasteiger charge is -2.17. The molecule has 1 aromatic rings. The fraction of sp³-hybridized carbons (Fsp3) is 0.824. The first kappa shape index (κ1) is 16.8. The van der Waals surface area contributed by atoms with Gasteiger partial charge in [0, 0.05) is 24.5 Å². The van der Waals surface area contributed by atoms with Crippen molar-refractivity contribution in [2.75, 3.05) is 24.5 Å². The predicted molar refractivity (Wildman–Crippen MR) is 93.4 cm³/mol. The highest BCUT2D eigenvalue weighted by molar-refractivity contribution is 7.15. The molecule has 0 aliphatic carbocycles. The maximum absolute atomic E-state index is 5.01. The van der Waals surface area contributed by atoms with Crippen molar-refractivity contribution in [2.45, 2.75) is 59.9 Å². The molecule has 0 aromatic carbocycles. The summed E-state index contributed by atoms with van der Waals surface area (Å²) in [7, 11) is 0. The summed E-state index contributed by atoms with van der Waals surface area (Å²) in [5, 5.41) is 4.72. The molecule has 0 radical (unpaired) electrons. The van der Waals surface area contributed by atoms with Gasteiger partial charge in [-0.3, -0.25) is 0 Å². The number of anilines is 1. The summed E-state index contributed by atoms with van der Waals surface area (Å²) < 4.78 is 0. The van der Waals surface area contributed by atoms with Crippen LogP contribution >= 0.6 is 11.3 Å². The van der Waals surface area contributed by atoms with E-state index in [2.05, 4.69) is 44.8 Å². The van der Waals surface area contributed by atoms with E-state index in [1.165, 1.54) is 35.2 Å². The number of nitrogens with zero attached hydrogens (tertiary/aromatic N) is 2. The van der Waals surface area contributed by atoms with Crippen LogP contribution in [0.5, 0.6) is 0 Å². The summed E-state index contributed by atoms with van der Waals surface area (Å²) in [6.07, 6.45) is 2.48. The van der Waals surface area contributed by atoms with E-state index < -0.39 is 0 Å². The molecule has 1 N–H and O–H groups in total. The van der Waals surface area contributed by atoms with E-state index in [-0.39, 0.29) is 0 Å². The molecule has 0 saturated carbocycles. The molecule has 2 atom stereocenters. The van der Waals surface area contributed by atoms with Crippen molar-refractivity contribution < 1.29 is 0 Å². The minimum absolute atomic E-state index is 0.562. The second-order valence-electron chi connectivity index (χ2n) is 6.63. The Balaban J connectivity index is 2.15. The van der Waals surface area contributed by atoms with Crippen molar-refractivity contribution in [1.29, 1.82) is 0 Å². The van der Waals surface area contributed by atoms with Crippen molar-refractivity contribution in [3.8, 4) is 0 Å². The Hall–Kier alpha value is -0.610. The van der Waals surface area contributed by atoms with Gasteiger partial charge in [0.2, 0.25) is 0 Å². The van der Waals surface area contributed by atoms with Crippen LogP contribution in [-0.2, 0) is 6.54 Å². The van der Waals surface area contributed by atoms with Crippen molar-refractivity contribution in [2.24, 2.45) is 11.8 Å². The lowest BCUT2D eigenvalue weighted by Crippen LogP contribution is -2.21. The van der Waals surface area contributed by atoms with Crippen molar-refractivity contribution in [3.05, 3.63) is 10.6 Å². The van der Waals surface area contributed by atoms with Crippen LogP contribution in [0.3, 0.4) is 0 Å². The molecule has 1 aliphatic heterocycles. The quantitative estimate of drug-likeness (QED) is 0.816. The Labute approximate surface area is 134 Å². The zero-order valence-corrected chi connectivity index (χ0v) is 15.1. The van der Waals surface area contributed by atoms with E-state index in [1.54, 1.807) is 0 Å². The van der Waals surface area contributed by atoms with E-state index in [4.69, 9.17) is 4.98 Å². The summed E-state index contributed by atoms with van der Waals surface area (Å²) in [4.78, 5) is 8.96. The molecule has 0 spiro atoms. The fourth-order valence-electron chi connectivity index (χ4n) is 2.93. The van der Waals surface area contributed by atoms with E-state index in [1.807, 2.05) is 11.3 Å². The number of thiazole rings is 1. The molecule has 1 saturated heterocycles. The second kappa shape index (κ2) is 7.59. The van der Waals surface area contributed by atoms with Gasteiger partial charge in [-0.2, -0.15) is 0 Å². The second-order valence-corrected chi connectivity index (χ2v) is 7.70. The lowest BCUT2D eigenvalue weighted by atomic mass is 9.95. The van der Waals surface area contributed by atoms with E-state index in [0.717, 1.165) is 31.3 Å². The molecule has 21 heavy (non-hydrogen) atoms. The topological polar surface area (TPSA) is 28.2 Å². The number of nitrogens with one attached hydrogen (secondary N) is 1. The molecule has 2 unspecified atom stereocenters. The van der Waals surface area contributed by atoms with E-state index >= 15 is 0 Å². The highest BCUT2D eigenvalue weighted by Gasteiger charge is 2.28. The number of hydrogen-bond donors (Lipinski definition) is 1. The molecular weight excluding hydrogens is 278 g/mol. The van der Waals surface area contributed by atoms with Gasteiger partial charge in [-0.05, 0) is 37.1 Å². The Morgan fingerprint density at radius 2 is 2.10 bits per heavy atom. The van der Waals surface area contributed by atoms with Crippen LogP contribution in [0.2, 0.25) is 0 Å². The van der Waals surface area contributed by atoms with Gasteiger partial charge in [-0.25, -0.2) is 4.98 Å². The van der Waals surface area contributed by atoms with Gasteiger partial charge in [-0.1, -0.05) is 34.6 Å². The van der Waals surface area contributed by atoms with Crippen LogP contribution in [0.1, 0.15) is 63.9 Å². The fourth-order valence-corrected chi connectivity index (χ4v) is 4.12. The SMILES string of the molecule is CCNCc1sc(N2CCC(C(C)C)C2)nc1C(C)CC. The van der Waals surface area contributed by atoms with Gasteiger partial charge in [0.15, 0.2) is 5.13 Å². The molecule has 2 rings (SSSR count). The average molecular weight is 310 g/mol. The molecule has 1 fully saturated rings. The summed E-state index contributed by atoms with van der Waals surface area (Å²) in [6, 6.07) is 0. The van der Waals surface area contributed by atoms with Crippen LogP contribution in [0, 0.1) is 11.8 Å². The van der Waals surface area contributed by atoms with Crippen LogP contribution in [0.4, 0.5) is 5.13 Å². The molecule has 4 heteroatoms. The maximum Gasteiger partial charge on any atom is 0.185 e. The van der Waals surface area contributed by atoms with Crippen LogP contribution in [-0.4, -0.2) is 24.6 Å². The molecular formula is C17H31N3S. The number of rotatable bonds is 7. The molecule has 0 bridgehead atoms. The predicted octanol–water partition coefficient (Wildman–Crippen LogP) is 4.25. The van der Waals surface area contributed by atoms with Gasteiger partial charge in [0.05, 0.1) is 5.69 Å². The highest BCUT2D eigenvalue weighted by Crippen LogP contribution is 2.35. The minimum Gasteiger partial charge on any atom is -0.348 e. The molecule has 0 amide bonds. The van der Waals surface area contributed by atoms with Crippen molar-refractivity contribution in [1.82, 2.24) is 10.3 Å². The Morgan fingerprint density at radius 3 is 2.67 bits per heavy atom. The molecule has 1 aromatic heterocycles. The summed E-state index contributed by atoms with van der Waals surface area (Å²) in [5.41, 5.74) is 1.33. The van der Waals surface area contributed by atoms with Gasteiger partial charge >= 0.3 is 0 Å². The van der Waals surface area contributed by atoms with Gasteiger partial charge in [0.25, 0.3) is 0 Å². The van der Waals surface area contributed by atoms with Crippen molar-refractivity contribution >= 4 is 16.5 Å². The van der Waals surface area contributed by atoms with Crippen molar-refractivity contribution in [3.63, 3.8) is 0 Å². The summed E-state index contributed by atoms with van der Waals surface area (Å²) in [6.45, 7) is 15.8. The normalized spacial score (nSPS) is 20.5.